The molecule has 3 heterocycles. The first kappa shape index (κ1) is 19.6. The first-order valence-corrected chi connectivity index (χ1v) is 9.60. The number of imidazole rings is 1. The fraction of sp³-hybridized carbons (Fsp3) is 0.150. The highest BCUT2D eigenvalue weighted by atomic mass is 19.2. The standard InChI is InChI=1S/C20H15F2N7O3/c21-12-3-1-2-11(16(12)22)18(30)27-14-7-15(24-10-4-5-10)29-17(26-14)9(8-23-29)6-13-19(31)28-20(32)25-13/h1-3,6-8,10,31H,4-5H2,(H,27,30)(H2,25,28,32)/b9-6-,24-15?. The number of nitrogens with zero attached hydrogens (tertiary/aromatic N) is 4. The molecule has 10 nitrogen and oxygen atoms in total. The molecule has 4 aromatic rings. The molecule has 162 valence electrons. The lowest BCUT2D eigenvalue weighted by Gasteiger charge is -2.07. The van der Waals surface area contributed by atoms with Gasteiger partial charge in [-0.3, -0.25) is 14.8 Å². The molecular weight excluding hydrogens is 424 g/mol. The van der Waals surface area contributed by atoms with E-state index in [9.17, 15) is 23.5 Å². The molecule has 0 atom stereocenters. The number of H-pyrrole nitrogens is 2. The maximum atomic E-state index is 14.0. The second-order valence-corrected chi connectivity index (χ2v) is 7.24. The van der Waals surface area contributed by atoms with Gasteiger partial charge in [-0.15, -0.1) is 0 Å². The Labute approximate surface area is 177 Å². The largest absolute Gasteiger partial charge is 0.493 e. The van der Waals surface area contributed by atoms with Gasteiger partial charge in [0.1, 0.15) is 11.5 Å². The van der Waals surface area contributed by atoms with Crippen LogP contribution in [-0.2, 0) is 0 Å². The van der Waals surface area contributed by atoms with E-state index in [1.165, 1.54) is 28.9 Å². The van der Waals surface area contributed by atoms with Crippen LogP contribution in [0.4, 0.5) is 14.6 Å². The van der Waals surface area contributed by atoms with Crippen LogP contribution in [0.15, 0.2) is 40.2 Å². The molecule has 0 radical (unpaired) electrons. The van der Waals surface area contributed by atoms with E-state index in [0.29, 0.717) is 10.7 Å². The van der Waals surface area contributed by atoms with Crippen LogP contribution in [0.3, 0.4) is 0 Å². The van der Waals surface area contributed by atoms with Crippen LogP contribution in [0.25, 0.3) is 11.7 Å². The molecule has 1 aliphatic rings. The van der Waals surface area contributed by atoms with Crippen molar-refractivity contribution in [1.82, 2.24) is 24.6 Å². The molecule has 5 rings (SSSR count). The minimum absolute atomic E-state index is 0.0486. The fourth-order valence-corrected chi connectivity index (χ4v) is 3.12. The van der Waals surface area contributed by atoms with Gasteiger partial charge in [-0.25, -0.2) is 18.6 Å². The van der Waals surface area contributed by atoms with Gasteiger partial charge >= 0.3 is 5.69 Å². The Bertz CT molecular complexity index is 1550. The smallest absolute Gasteiger partial charge is 0.326 e. The van der Waals surface area contributed by atoms with Gasteiger partial charge in [0.2, 0.25) is 5.88 Å². The highest BCUT2D eigenvalue weighted by Crippen LogP contribution is 2.22. The molecule has 0 unspecified atom stereocenters. The number of aromatic nitrogens is 5. The summed E-state index contributed by atoms with van der Waals surface area (Å²) in [4.78, 5) is 37.5. The number of amides is 1. The lowest BCUT2D eigenvalue weighted by molar-refractivity contribution is 0.102. The third-order valence-corrected chi connectivity index (χ3v) is 4.81. The van der Waals surface area contributed by atoms with E-state index >= 15 is 0 Å². The first-order chi connectivity index (χ1) is 15.4. The maximum Gasteiger partial charge on any atom is 0.326 e. The molecular formula is C20H15F2N7O3. The average Bonchev–Trinajstić information content (AvgIpc) is 3.38. The van der Waals surface area contributed by atoms with Crippen molar-refractivity contribution in [2.75, 3.05) is 5.32 Å². The zero-order chi connectivity index (χ0) is 22.4. The summed E-state index contributed by atoms with van der Waals surface area (Å²) in [6.07, 6.45) is 4.73. The van der Waals surface area contributed by atoms with Gasteiger partial charge < -0.3 is 15.4 Å². The van der Waals surface area contributed by atoms with Gasteiger partial charge in [-0.05, 0) is 31.1 Å². The Hall–Kier alpha value is -4.35. The maximum absolute atomic E-state index is 14.0. The SMILES string of the molecule is O=C(Nc1cc(=NC2CC2)n2nc/c(=C/c3[nH]c(=O)[nH]c3O)c2n1)c1cccc(F)c1F. The van der Waals surface area contributed by atoms with Crippen LogP contribution in [0.5, 0.6) is 5.88 Å². The van der Waals surface area contributed by atoms with E-state index in [1.807, 2.05) is 0 Å². The van der Waals surface area contributed by atoms with Crippen molar-refractivity contribution in [3.8, 4) is 5.88 Å². The summed E-state index contributed by atoms with van der Waals surface area (Å²) in [6, 6.07) is 4.90. The molecule has 12 heteroatoms. The Balaban J connectivity index is 1.63. The normalized spacial score (nSPS) is 14.9. The number of aromatic amines is 2. The third kappa shape index (κ3) is 3.62. The third-order valence-electron chi connectivity index (χ3n) is 4.81. The van der Waals surface area contributed by atoms with Crippen LogP contribution in [-0.4, -0.2) is 41.6 Å². The van der Waals surface area contributed by atoms with Crippen molar-refractivity contribution in [1.29, 1.82) is 0 Å². The summed E-state index contributed by atoms with van der Waals surface area (Å²) in [5.74, 6) is -3.60. The van der Waals surface area contributed by atoms with Crippen LogP contribution in [0.2, 0.25) is 0 Å². The van der Waals surface area contributed by atoms with Gasteiger partial charge in [-0.2, -0.15) is 9.61 Å². The van der Waals surface area contributed by atoms with E-state index in [-0.39, 0.29) is 29.1 Å². The number of hydrogen-bond acceptors (Lipinski definition) is 6. The minimum atomic E-state index is -1.26. The van der Waals surface area contributed by atoms with Gasteiger partial charge in [-0.1, -0.05) is 6.07 Å². The number of anilines is 1. The van der Waals surface area contributed by atoms with Crippen molar-refractivity contribution >= 4 is 23.4 Å². The molecule has 1 aromatic carbocycles. The Morgan fingerprint density at radius 3 is 2.84 bits per heavy atom. The lowest BCUT2D eigenvalue weighted by Crippen LogP contribution is -2.23. The lowest BCUT2D eigenvalue weighted by atomic mass is 10.2. The van der Waals surface area contributed by atoms with E-state index in [2.05, 4.69) is 30.4 Å². The second kappa shape index (κ2) is 7.41. The summed E-state index contributed by atoms with van der Waals surface area (Å²) in [7, 11) is 0. The van der Waals surface area contributed by atoms with Crippen LogP contribution in [0, 0.1) is 11.6 Å². The monoisotopic (exact) mass is 439 g/mol. The van der Waals surface area contributed by atoms with Crippen LogP contribution in [0.1, 0.15) is 28.9 Å². The predicted molar refractivity (Wildman–Crippen MR) is 108 cm³/mol. The van der Waals surface area contributed by atoms with Gasteiger partial charge in [0, 0.05) is 11.3 Å². The number of nitrogens with one attached hydrogen (secondary N) is 3. The zero-order valence-electron chi connectivity index (χ0n) is 16.3. The number of aromatic hydroxyl groups is 1. The van der Waals surface area contributed by atoms with E-state index < -0.39 is 28.8 Å². The molecule has 1 saturated carbocycles. The summed E-state index contributed by atoms with van der Waals surface area (Å²) in [5.41, 5.74) is -0.277. The number of carbonyl (C=O) groups is 1. The number of halogens is 2. The number of fused-ring (bicyclic) bond motifs is 1. The quantitative estimate of drug-likeness (QED) is 0.369. The van der Waals surface area contributed by atoms with E-state index in [4.69, 9.17) is 0 Å². The molecule has 1 aliphatic carbocycles. The molecule has 1 fully saturated rings. The molecule has 0 saturated heterocycles. The van der Waals surface area contributed by atoms with Crippen molar-refractivity contribution < 1.29 is 18.7 Å². The highest BCUT2D eigenvalue weighted by Gasteiger charge is 2.21. The highest BCUT2D eigenvalue weighted by molar-refractivity contribution is 6.04. The molecule has 32 heavy (non-hydrogen) atoms. The van der Waals surface area contributed by atoms with E-state index in [0.717, 1.165) is 25.0 Å². The molecule has 4 N–H and O–H groups in total. The summed E-state index contributed by atoms with van der Waals surface area (Å²) in [5, 5.41) is 17.0. The molecule has 0 bridgehead atoms. The van der Waals surface area contributed by atoms with Gasteiger partial charge in [0.15, 0.2) is 22.8 Å². The van der Waals surface area contributed by atoms with Crippen molar-refractivity contribution in [3.63, 3.8) is 0 Å². The summed E-state index contributed by atoms with van der Waals surface area (Å²) < 4.78 is 29.0. The summed E-state index contributed by atoms with van der Waals surface area (Å²) >= 11 is 0. The van der Waals surface area contributed by atoms with E-state index in [1.54, 1.807) is 0 Å². The number of carbonyl (C=O) groups excluding carboxylic acids is 1. The fourth-order valence-electron chi connectivity index (χ4n) is 3.12. The number of benzene rings is 1. The molecule has 1 amide bonds. The van der Waals surface area contributed by atoms with Crippen molar-refractivity contribution in [2.24, 2.45) is 4.99 Å². The Morgan fingerprint density at radius 1 is 1.31 bits per heavy atom. The minimum Gasteiger partial charge on any atom is -0.493 e. The second-order valence-electron chi connectivity index (χ2n) is 7.24. The molecule has 3 aromatic heterocycles. The predicted octanol–water partition coefficient (Wildman–Crippen LogP) is 0.593. The van der Waals surface area contributed by atoms with Crippen molar-refractivity contribution in [3.05, 3.63) is 74.5 Å². The van der Waals surface area contributed by atoms with Gasteiger partial charge in [0.25, 0.3) is 5.91 Å². The number of hydrogen-bond donors (Lipinski definition) is 4. The Kier molecular flexibility index (Phi) is 4.54. The molecule has 0 aliphatic heterocycles. The van der Waals surface area contributed by atoms with Crippen LogP contribution >= 0.6 is 0 Å². The first-order valence-electron chi connectivity index (χ1n) is 9.60. The Morgan fingerprint density at radius 2 is 2.12 bits per heavy atom. The zero-order valence-corrected chi connectivity index (χ0v) is 16.3. The number of rotatable bonds is 4. The summed E-state index contributed by atoms with van der Waals surface area (Å²) in [6.45, 7) is 0. The van der Waals surface area contributed by atoms with Gasteiger partial charge in [0.05, 0.1) is 17.8 Å². The molecule has 0 spiro atoms. The van der Waals surface area contributed by atoms with Crippen LogP contribution < -0.4 is 21.7 Å². The van der Waals surface area contributed by atoms with Crippen molar-refractivity contribution in [2.45, 2.75) is 18.9 Å². The topological polar surface area (TPSA) is 141 Å². The average molecular weight is 439 g/mol.